The van der Waals surface area contributed by atoms with Crippen molar-refractivity contribution in [2.45, 2.75) is 258 Å². The van der Waals surface area contributed by atoms with Crippen LogP contribution in [0.25, 0.3) is 0 Å². The van der Waals surface area contributed by atoms with Crippen LogP contribution in [-0.2, 0) is 19.1 Å². The minimum absolute atomic E-state index is 0.0165. The standard InChI is InChI=1S/C50H91NO5/c1-3-5-7-9-11-13-15-16-17-18-19-20-21-22-23-24-25-26-28-30-32-37-41-45-50(55)56-47(42-38-34-31-29-27-14-12-10-8-6-4-2)43-39-35-33-36-40-44-48(52)51-46-49(53)54/h12,14,18-19,29,31,47H,3-11,13,15-17,20-28,30,32-46H2,1-2H3,(H,51,52)(H,53,54)/b14-12-,19-18-,31-29-. The van der Waals surface area contributed by atoms with Crippen molar-refractivity contribution in [1.82, 2.24) is 5.32 Å². The number of hydrogen-bond donors (Lipinski definition) is 2. The molecule has 6 nitrogen and oxygen atoms in total. The molecule has 0 saturated carbocycles. The number of nitrogens with one attached hydrogen (secondary N) is 1. The van der Waals surface area contributed by atoms with E-state index in [1.165, 1.54) is 148 Å². The highest BCUT2D eigenvalue weighted by atomic mass is 16.5. The number of unbranched alkanes of at least 4 members (excludes halogenated alkanes) is 27. The minimum Gasteiger partial charge on any atom is -0.480 e. The van der Waals surface area contributed by atoms with E-state index in [1.807, 2.05) is 0 Å². The van der Waals surface area contributed by atoms with Gasteiger partial charge in [-0.2, -0.15) is 0 Å². The maximum Gasteiger partial charge on any atom is 0.322 e. The highest BCUT2D eigenvalue weighted by Gasteiger charge is 2.14. The van der Waals surface area contributed by atoms with Crippen LogP contribution in [0.2, 0.25) is 0 Å². The predicted octanol–water partition coefficient (Wildman–Crippen LogP) is 15.2. The van der Waals surface area contributed by atoms with E-state index in [1.54, 1.807) is 0 Å². The van der Waals surface area contributed by atoms with Gasteiger partial charge in [-0.15, -0.1) is 0 Å². The van der Waals surface area contributed by atoms with E-state index in [0.29, 0.717) is 12.8 Å². The summed E-state index contributed by atoms with van der Waals surface area (Å²) in [4.78, 5) is 35.1. The Morgan fingerprint density at radius 2 is 0.839 bits per heavy atom. The number of hydrogen-bond acceptors (Lipinski definition) is 4. The molecule has 0 spiro atoms. The summed E-state index contributed by atoms with van der Waals surface area (Å²) in [7, 11) is 0. The summed E-state index contributed by atoms with van der Waals surface area (Å²) in [6.07, 6.45) is 57.2. The average molecular weight is 786 g/mol. The fourth-order valence-corrected chi connectivity index (χ4v) is 7.19. The molecule has 0 radical (unpaired) electrons. The molecule has 0 aromatic carbocycles. The molecule has 0 saturated heterocycles. The van der Waals surface area contributed by atoms with E-state index in [9.17, 15) is 14.4 Å². The molecular formula is C50H91NO5. The number of rotatable bonds is 44. The first-order chi connectivity index (χ1) is 27.5. The smallest absolute Gasteiger partial charge is 0.322 e. The monoisotopic (exact) mass is 786 g/mol. The third kappa shape index (κ3) is 44.3. The van der Waals surface area contributed by atoms with Gasteiger partial charge in [0, 0.05) is 12.8 Å². The number of aliphatic carboxylic acids is 1. The van der Waals surface area contributed by atoms with Gasteiger partial charge in [0.05, 0.1) is 0 Å². The quantitative estimate of drug-likeness (QED) is 0.0364. The Kier molecular flexibility index (Phi) is 43.4. The summed E-state index contributed by atoms with van der Waals surface area (Å²) in [5.41, 5.74) is 0. The molecule has 0 aliphatic heterocycles. The molecule has 0 heterocycles. The number of amides is 1. The van der Waals surface area contributed by atoms with E-state index in [-0.39, 0.29) is 24.5 Å². The molecule has 2 N–H and O–H groups in total. The lowest BCUT2D eigenvalue weighted by Gasteiger charge is -2.18. The van der Waals surface area contributed by atoms with Crippen molar-refractivity contribution < 1.29 is 24.2 Å². The van der Waals surface area contributed by atoms with Gasteiger partial charge in [-0.1, -0.05) is 185 Å². The molecule has 0 aromatic rings. The summed E-state index contributed by atoms with van der Waals surface area (Å²) < 4.78 is 6.02. The molecule has 1 amide bonds. The fraction of sp³-hybridized carbons (Fsp3) is 0.820. The molecule has 6 heteroatoms. The van der Waals surface area contributed by atoms with Crippen molar-refractivity contribution in [1.29, 1.82) is 0 Å². The zero-order chi connectivity index (χ0) is 40.8. The summed E-state index contributed by atoms with van der Waals surface area (Å²) in [6.45, 7) is 4.21. The molecule has 326 valence electrons. The molecular weight excluding hydrogens is 695 g/mol. The van der Waals surface area contributed by atoms with Gasteiger partial charge >= 0.3 is 11.9 Å². The Morgan fingerprint density at radius 1 is 0.464 bits per heavy atom. The summed E-state index contributed by atoms with van der Waals surface area (Å²) in [5, 5.41) is 11.1. The van der Waals surface area contributed by atoms with Crippen LogP contribution < -0.4 is 5.32 Å². The van der Waals surface area contributed by atoms with Gasteiger partial charge in [0.15, 0.2) is 0 Å². The lowest BCUT2D eigenvalue weighted by Crippen LogP contribution is -2.28. The van der Waals surface area contributed by atoms with Crippen LogP contribution in [0.1, 0.15) is 251 Å². The molecule has 0 aliphatic rings. The van der Waals surface area contributed by atoms with Crippen molar-refractivity contribution >= 4 is 17.8 Å². The second kappa shape index (κ2) is 45.3. The van der Waals surface area contributed by atoms with Gasteiger partial charge in [-0.05, 0) is 89.9 Å². The van der Waals surface area contributed by atoms with E-state index >= 15 is 0 Å². The molecule has 0 aromatic heterocycles. The lowest BCUT2D eigenvalue weighted by atomic mass is 10.0. The van der Waals surface area contributed by atoms with Crippen LogP contribution in [-0.4, -0.2) is 35.6 Å². The molecule has 0 rings (SSSR count). The van der Waals surface area contributed by atoms with Crippen LogP contribution in [0, 0.1) is 0 Å². The van der Waals surface area contributed by atoms with E-state index in [0.717, 1.165) is 77.0 Å². The largest absolute Gasteiger partial charge is 0.480 e. The van der Waals surface area contributed by atoms with Gasteiger partial charge in [0.1, 0.15) is 12.6 Å². The first-order valence-electron chi connectivity index (χ1n) is 24.1. The third-order valence-electron chi connectivity index (χ3n) is 10.8. The molecule has 1 unspecified atom stereocenters. The Morgan fingerprint density at radius 3 is 1.36 bits per heavy atom. The number of carboxylic acids is 1. The lowest BCUT2D eigenvalue weighted by molar-refractivity contribution is -0.150. The number of allylic oxidation sites excluding steroid dienone is 6. The Labute approximate surface area is 346 Å². The average Bonchev–Trinajstić information content (AvgIpc) is 3.18. The summed E-state index contributed by atoms with van der Waals surface area (Å²) in [5.74, 6) is -1.25. The summed E-state index contributed by atoms with van der Waals surface area (Å²) in [6, 6.07) is 0. The zero-order valence-corrected chi connectivity index (χ0v) is 37.0. The maximum atomic E-state index is 12.8. The number of carboxylic acid groups (broad SMARTS) is 1. The van der Waals surface area contributed by atoms with E-state index in [4.69, 9.17) is 9.84 Å². The highest BCUT2D eigenvalue weighted by molar-refractivity contribution is 5.80. The predicted molar refractivity (Wildman–Crippen MR) is 240 cm³/mol. The number of carbonyl (C=O) groups is 3. The van der Waals surface area contributed by atoms with Gasteiger partial charge in [0.2, 0.25) is 5.91 Å². The second-order valence-electron chi connectivity index (χ2n) is 16.4. The number of carbonyl (C=O) groups excluding carboxylic acids is 2. The van der Waals surface area contributed by atoms with Crippen molar-refractivity contribution in [3.8, 4) is 0 Å². The van der Waals surface area contributed by atoms with Crippen molar-refractivity contribution in [3.63, 3.8) is 0 Å². The molecule has 56 heavy (non-hydrogen) atoms. The van der Waals surface area contributed by atoms with Crippen molar-refractivity contribution in [3.05, 3.63) is 36.5 Å². The van der Waals surface area contributed by atoms with Crippen LogP contribution in [0.5, 0.6) is 0 Å². The Balaban J connectivity index is 4.03. The van der Waals surface area contributed by atoms with E-state index < -0.39 is 5.97 Å². The molecule has 1 atom stereocenters. The highest BCUT2D eigenvalue weighted by Crippen LogP contribution is 2.18. The zero-order valence-electron chi connectivity index (χ0n) is 37.0. The third-order valence-corrected chi connectivity index (χ3v) is 10.8. The Hall–Kier alpha value is -2.37. The van der Waals surface area contributed by atoms with Crippen molar-refractivity contribution in [2.24, 2.45) is 0 Å². The SMILES string of the molecule is CCCCC/C=C\C/C=C\CCCC(CCCCCCCC(=O)NCC(=O)O)OC(=O)CCCCCCCCCCCCC/C=C\CCCCCCCCCC. The second-order valence-corrected chi connectivity index (χ2v) is 16.4. The first kappa shape index (κ1) is 53.6. The first-order valence-corrected chi connectivity index (χ1v) is 24.1. The van der Waals surface area contributed by atoms with Crippen molar-refractivity contribution in [2.75, 3.05) is 6.54 Å². The van der Waals surface area contributed by atoms with Gasteiger partial charge < -0.3 is 15.2 Å². The molecule has 0 fully saturated rings. The van der Waals surface area contributed by atoms with Crippen LogP contribution in [0.3, 0.4) is 0 Å². The van der Waals surface area contributed by atoms with Crippen LogP contribution in [0.4, 0.5) is 0 Å². The van der Waals surface area contributed by atoms with Gasteiger partial charge in [-0.3, -0.25) is 14.4 Å². The van der Waals surface area contributed by atoms with Gasteiger partial charge in [-0.25, -0.2) is 0 Å². The number of esters is 1. The summed E-state index contributed by atoms with van der Waals surface area (Å²) >= 11 is 0. The maximum absolute atomic E-state index is 12.8. The Bertz CT molecular complexity index is 957. The van der Waals surface area contributed by atoms with E-state index in [2.05, 4.69) is 55.6 Å². The van der Waals surface area contributed by atoms with Gasteiger partial charge in [0.25, 0.3) is 0 Å². The fourth-order valence-electron chi connectivity index (χ4n) is 7.19. The van der Waals surface area contributed by atoms with Crippen LogP contribution >= 0.6 is 0 Å². The normalized spacial score (nSPS) is 12.3. The van der Waals surface area contributed by atoms with Crippen LogP contribution in [0.15, 0.2) is 36.5 Å². The number of ether oxygens (including phenoxy) is 1. The molecule has 0 aliphatic carbocycles. The minimum atomic E-state index is -1.02. The molecule has 0 bridgehead atoms. The topological polar surface area (TPSA) is 92.7 Å².